The number of benzene rings is 1. The summed E-state index contributed by atoms with van der Waals surface area (Å²) in [5.41, 5.74) is -0.0474. The van der Waals surface area contributed by atoms with Gasteiger partial charge in [-0.25, -0.2) is 13.6 Å². The average Bonchev–Trinajstić information content (AvgIpc) is 2.53. The molecule has 0 radical (unpaired) electrons. The molecular formula is C20H25F2NO4. The van der Waals surface area contributed by atoms with Crippen molar-refractivity contribution in [3.63, 3.8) is 0 Å². The van der Waals surface area contributed by atoms with Gasteiger partial charge in [-0.15, -0.1) is 0 Å². The highest BCUT2D eigenvalue weighted by Gasteiger charge is 2.20. The number of ether oxygens (including phenoxy) is 2. The molecule has 1 rings (SSSR count). The van der Waals surface area contributed by atoms with Crippen LogP contribution in [0.2, 0.25) is 0 Å². The van der Waals surface area contributed by atoms with Gasteiger partial charge in [0.15, 0.2) is 11.6 Å². The van der Waals surface area contributed by atoms with Gasteiger partial charge >= 0.3 is 6.09 Å². The SMILES string of the molecule is CC(C)=CCOc1ccc(F)c(F)c1C(O)C#CCNC(=O)OC(C)(C)C. The van der Waals surface area contributed by atoms with E-state index < -0.39 is 29.4 Å². The van der Waals surface area contributed by atoms with E-state index in [0.29, 0.717) is 0 Å². The first-order valence-corrected chi connectivity index (χ1v) is 8.38. The van der Waals surface area contributed by atoms with Crippen LogP contribution in [0.1, 0.15) is 46.3 Å². The first kappa shape index (κ1) is 22.5. The zero-order chi connectivity index (χ0) is 20.6. The van der Waals surface area contributed by atoms with E-state index >= 15 is 0 Å². The van der Waals surface area contributed by atoms with Gasteiger partial charge < -0.3 is 19.9 Å². The summed E-state index contributed by atoms with van der Waals surface area (Å²) in [6, 6.07) is 2.15. The molecular weight excluding hydrogens is 356 g/mol. The topological polar surface area (TPSA) is 67.8 Å². The van der Waals surface area contributed by atoms with Crippen LogP contribution in [0.15, 0.2) is 23.8 Å². The molecule has 0 aliphatic heterocycles. The van der Waals surface area contributed by atoms with Gasteiger partial charge in [-0.3, -0.25) is 0 Å². The second-order valence-electron chi connectivity index (χ2n) is 6.94. The number of aliphatic hydroxyl groups is 1. The Morgan fingerprint density at radius 1 is 1.33 bits per heavy atom. The normalized spacial score (nSPS) is 11.7. The molecule has 0 spiro atoms. The van der Waals surface area contributed by atoms with Crippen LogP contribution in [0, 0.1) is 23.5 Å². The molecule has 0 heterocycles. The van der Waals surface area contributed by atoms with Crippen molar-refractivity contribution in [3.8, 4) is 17.6 Å². The molecule has 1 amide bonds. The number of hydrogen-bond acceptors (Lipinski definition) is 4. The molecule has 0 aliphatic rings. The molecule has 1 aromatic carbocycles. The predicted molar refractivity (Wildman–Crippen MR) is 98.3 cm³/mol. The molecule has 0 bridgehead atoms. The van der Waals surface area contributed by atoms with Gasteiger partial charge in [0, 0.05) is 0 Å². The molecule has 0 saturated carbocycles. The first-order chi connectivity index (χ1) is 12.5. The first-order valence-electron chi connectivity index (χ1n) is 8.38. The average molecular weight is 381 g/mol. The number of halogens is 2. The second kappa shape index (κ2) is 9.93. The molecule has 148 valence electrons. The van der Waals surface area contributed by atoms with Crippen LogP contribution in [-0.2, 0) is 4.74 Å². The number of amides is 1. The van der Waals surface area contributed by atoms with Crippen molar-refractivity contribution in [1.29, 1.82) is 0 Å². The van der Waals surface area contributed by atoms with E-state index in [-0.39, 0.29) is 24.5 Å². The number of rotatable bonds is 5. The van der Waals surface area contributed by atoms with Gasteiger partial charge in [0.2, 0.25) is 0 Å². The van der Waals surface area contributed by atoms with Crippen molar-refractivity contribution in [1.82, 2.24) is 5.32 Å². The molecule has 27 heavy (non-hydrogen) atoms. The zero-order valence-corrected chi connectivity index (χ0v) is 16.2. The van der Waals surface area contributed by atoms with Crippen LogP contribution in [0.5, 0.6) is 5.75 Å². The van der Waals surface area contributed by atoms with E-state index in [1.807, 2.05) is 13.8 Å². The summed E-state index contributed by atoms with van der Waals surface area (Å²) in [7, 11) is 0. The van der Waals surface area contributed by atoms with E-state index in [2.05, 4.69) is 17.2 Å². The molecule has 0 aromatic heterocycles. The third kappa shape index (κ3) is 8.09. The van der Waals surface area contributed by atoms with Crippen LogP contribution < -0.4 is 10.1 Å². The minimum absolute atomic E-state index is 0.00620. The van der Waals surface area contributed by atoms with Gasteiger partial charge in [0.1, 0.15) is 24.1 Å². The minimum atomic E-state index is -1.62. The van der Waals surface area contributed by atoms with Crippen molar-refractivity contribution in [2.75, 3.05) is 13.2 Å². The predicted octanol–water partition coefficient (Wildman–Crippen LogP) is 3.87. The summed E-state index contributed by atoms with van der Waals surface area (Å²) in [5, 5.41) is 12.5. The van der Waals surface area contributed by atoms with Crippen molar-refractivity contribution < 1.29 is 28.2 Å². The van der Waals surface area contributed by atoms with E-state index in [0.717, 1.165) is 11.6 Å². The summed E-state index contributed by atoms with van der Waals surface area (Å²) < 4.78 is 38.1. The summed E-state index contributed by atoms with van der Waals surface area (Å²) in [6.07, 6.45) is -0.537. The van der Waals surface area contributed by atoms with Crippen molar-refractivity contribution >= 4 is 6.09 Å². The van der Waals surface area contributed by atoms with Gasteiger partial charge in [0.25, 0.3) is 0 Å². The van der Waals surface area contributed by atoms with Crippen molar-refractivity contribution in [2.24, 2.45) is 0 Å². The smallest absolute Gasteiger partial charge is 0.408 e. The standard InChI is InChI=1S/C20H25F2NO4/c1-13(2)10-12-26-16-9-8-14(21)18(22)17(16)15(24)7-6-11-23-19(25)27-20(3,4)5/h8-10,15,24H,11-12H2,1-5H3,(H,23,25). The van der Waals surface area contributed by atoms with Gasteiger partial charge in [0.05, 0.1) is 12.1 Å². The molecule has 7 heteroatoms. The van der Waals surface area contributed by atoms with Crippen molar-refractivity contribution in [2.45, 2.75) is 46.3 Å². The Bertz CT molecular complexity index is 754. The number of nitrogens with one attached hydrogen (secondary N) is 1. The molecule has 0 aliphatic carbocycles. The Hall–Kier alpha value is -2.59. The summed E-state index contributed by atoms with van der Waals surface area (Å²) in [5.74, 6) is 2.48. The highest BCUT2D eigenvalue weighted by Crippen LogP contribution is 2.29. The fourth-order valence-corrected chi connectivity index (χ4v) is 1.88. The Balaban J connectivity index is 2.84. The molecule has 1 atom stereocenters. The Labute approximate surface area is 158 Å². The lowest BCUT2D eigenvalue weighted by Gasteiger charge is -2.19. The number of carbonyl (C=O) groups is 1. The van der Waals surface area contributed by atoms with Crippen molar-refractivity contribution in [3.05, 3.63) is 41.0 Å². The monoisotopic (exact) mass is 381 g/mol. The minimum Gasteiger partial charge on any atom is -0.489 e. The number of allylic oxidation sites excluding steroid dienone is 1. The molecule has 0 saturated heterocycles. The van der Waals surface area contributed by atoms with Crippen LogP contribution >= 0.6 is 0 Å². The maximum absolute atomic E-state index is 14.1. The molecule has 1 aromatic rings. The van der Waals surface area contributed by atoms with Crippen LogP contribution in [0.4, 0.5) is 13.6 Å². The Kier molecular flexibility index (Phi) is 8.26. The lowest BCUT2D eigenvalue weighted by molar-refractivity contribution is 0.0535. The molecule has 0 fully saturated rings. The number of carbonyl (C=O) groups excluding carboxylic acids is 1. The number of hydrogen-bond donors (Lipinski definition) is 2. The summed E-state index contributed by atoms with van der Waals surface area (Å²) >= 11 is 0. The van der Waals surface area contributed by atoms with Gasteiger partial charge in [-0.05, 0) is 52.8 Å². The van der Waals surface area contributed by atoms with Gasteiger partial charge in [-0.2, -0.15) is 0 Å². The zero-order valence-electron chi connectivity index (χ0n) is 16.2. The quantitative estimate of drug-likeness (QED) is 0.600. The summed E-state index contributed by atoms with van der Waals surface area (Å²) in [4.78, 5) is 11.5. The fraction of sp³-hybridized carbons (Fsp3) is 0.450. The lowest BCUT2D eigenvalue weighted by atomic mass is 10.1. The second-order valence-corrected chi connectivity index (χ2v) is 6.94. The maximum atomic E-state index is 14.1. The molecule has 5 nitrogen and oxygen atoms in total. The van der Waals surface area contributed by atoms with Crippen LogP contribution in [0.25, 0.3) is 0 Å². The Morgan fingerprint density at radius 2 is 2.00 bits per heavy atom. The Morgan fingerprint density at radius 3 is 2.59 bits per heavy atom. The van der Waals surface area contributed by atoms with E-state index in [4.69, 9.17) is 9.47 Å². The highest BCUT2D eigenvalue weighted by molar-refractivity contribution is 5.68. The maximum Gasteiger partial charge on any atom is 0.408 e. The summed E-state index contributed by atoms with van der Waals surface area (Å²) in [6.45, 7) is 8.89. The van der Waals surface area contributed by atoms with E-state index in [9.17, 15) is 18.7 Å². The largest absolute Gasteiger partial charge is 0.489 e. The number of aliphatic hydroxyl groups excluding tert-OH is 1. The molecule has 2 N–H and O–H groups in total. The molecule has 1 unspecified atom stereocenters. The number of alkyl carbamates (subject to hydrolysis) is 1. The van der Waals surface area contributed by atoms with Crippen LogP contribution in [-0.4, -0.2) is 30.0 Å². The van der Waals surface area contributed by atoms with E-state index in [1.54, 1.807) is 26.8 Å². The third-order valence-corrected chi connectivity index (χ3v) is 3.06. The van der Waals surface area contributed by atoms with Crippen LogP contribution in [0.3, 0.4) is 0 Å². The van der Waals surface area contributed by atoms with Gasteiger partial charge in [-0.1, -0.05) is 17.4 Å². The highest BCUT2D eigenvalue weighted by atomic mass is 19.2. The lowest BCUT2D eigenvalue weighted by Crippen LogP contribution is -2.32. The third-order valence-electron chi connectivity index (χ3n) is 3.06. The fourth-order valence-electron chi connectivity index (χ4n) is 1.88. The van der Waals surface area contributed by atoms with E-state index in [1.165, 1.54) is 6.07 Å².